The summed E-state index contributed by atoms with van der Waals surface area (Å²) < 4.78 is 0. The van der Waals surface area contributed by atoms with Crippen molar-refractivity contribution in [3.05, 3.63) is 77.3 Å². The lowest BCUT2D eigenvalue weighted by atomic mass is 10.1. The van der Waals surface area contributed by atoms with Gasteiger partial charge in [-0.1, -0.05) is 48.0 Å². The van der Waals surface area contributed by atoms with Crippen LogP contribution in [0.25, 0.3) is 10.8 Å². The third-order valence-electron chi connectivity index (χ3n) is 3.83. The average Bonchev–Trinajstić information content (AvgIpc) is 2.61. The van der Waals surface area contributed by atoms with Crippen LogP contribution in [0.1, 0.15) is 16.8 Å². The molecule has 0 aromatic heterocycles. The fourth-order valence-corrected chi connectivity index (χ4v) is 3.79. The Labute approximate surface area is 154 Å². The van der Waals surface area contributed by atoms with Gasteiger partial charge in [0.1, 0.15) is 5.25 Å². The van der Waals surface area contributed by atoms with Crippen LogP contribution >= 0.6 is 23.4 Å². The van der Waals surface area contributed by atoms with E-state index in [9.17, 15) is 14.7 Å². The monoisotopic (exact) mass is 370 g/mol. The molecule has 3 aromatic rings. The van der Waals surface area contributed by atoms with Crippen molar-refractivity contribution in [2.45, 2.75) is 16.6 Å². The number of rotatable bonds is 6. The van der Waals surface area contributed by atoms with Crippen LogP contribution in [0.15, 0.2) is 71.6 Å². The first-order chi connectivity index (χ1) is 12.0. The molecule has 0 saturated carbocycles. The summed E-state index contributed by atoms with van der Waals surface area (Å²) in [6.07, 6.45) is -0.0785. The molecule has 0 radical (unpaired) electrons. The number of hydrogen-bond donors (Lipinski definition) is 1. The van der Waals surface area contributed by atoms with E-state index in [1.807, 2.05) is 42.5 Å². The Morgan fingerprint density at radius 2 is 1.64 bits per heavy atom. The fraction of sp³-hybridized carbons (Fsp3) is 0.100. The summed E-state index contributed by atoms with van der Waals surface area (Å²) in [5.41, 5.74) is 0.467. The zero-order chi connectivity index (χ0) is 17.8. The van der Waals surface area contributed by atoms with Crippen molar-refractivity contribution in [3.8, 4) is 0 Å². The normalized spacial score (nSPS) is 12.0. The second kappa shape index (κ2) is 7.72. The number of carbonyl (C=O) groups is 2. The first-order valence-electron chi connectivity index (χ1n) is 7.70. The van der Waals surface area contributed by atoms with Crippen LogP contribution < -0.4 is 0 Å². The Morgan fingerprint density at radius 1 is 0.960 bits per heavy atom. The van der Waals surface area contributed by atoms with Gasteiger partial charge < -0.3 is 5.11 Å². The van der Waals surface area contributed by atoms with Crippen LogP contribution in [0.2, 0.25) is 5.02 Å². The van der Waals surface area contributed by atoms with E-state index in [4.69, 9.17) is 11.6 Å². The van der Waals surface area contributed by atoms with Crippen LogP contribution in [0, 0.1) is 0 Å². The van der Waals surface area contributed by atoms with Gasteiger partial charge in [-0.25, -0.2) is 0 Å². The fourth-order valence-electron chi connectivity index (χ4n) is 2.55. The van der Waals surface area contributed by atoms with Crippen molar-refractivity contribution < 1.29 is 14.7 Å². The summed E-state index contributed by atoms with van der Waals surface area (Å²) in [7, 11) is 0. The zero-order valence-electron chi connectivity index (χ0n) is 13.2. The molecular formula is C20H15ClO3S. The molecule has 0 bridgehead atoms. The Bertz CT molecular complexity index is 916. The van der Waals surface area contributed by atoms with Gasteiger partial charge in [0.15, 0.2) is 5.78 Å². The quantitative estimate of drug-likeness (QED) is 0.471. The van der Waals surface area contributed by atoms with Gasteiger partial charge in [0.2, 0.25) is 0 Å². The van der Waals surface area contributed by atoms with Crippen LogP contribution in [0.3, 0.4) is 0 Å². The molecule has 1 atom stereocenters. The van der Waals surface area contributed by atoms with Gasteiger partial charge in [0, 0.05) is 21.9 Å². The summed E-state index contributed by atoms with van der Waals surface area (Å²) in [6, 6.07) is 20.0. The number of benzene rings is 3. The van der Waals surface area contributed by atoms with Crippen molar-refractivity contribution in [3.63, 3.8) is 0 Å². The highest BCUT2D eigenvalue weighted by atomic mass is 35.5. The van der Waals surface area contributed by atoms with Crippen molar-refractivity contribution >= 4 is 45.9 Å². The second-order valence-corrected chi connectivity index (χ2v) is 7.24. The second-order valence-electron chi connectivity index (χ2n) is 5.56. The smallest absolute Gasteiger partial charge is 0.317 e. The molecule has 1 unspecified atom stereocenters. The van der Waals surface area contributed by atoms with E-state index in [0.717, 1.165) is 15.7 Å². The predicted octanol–water partition coefficient (Wildman–Crippen LogP) is 5.31. The Balaban J connectivity index is 1.83. The predicted molar refractivity (Wildman–Crippen MR) is 102 cm³/mol. The lowest BCUT2D eigenvalue weighted by Crippen LogP contribution is -2.20. The number of hydrogen-bond acceptors (Lipinski definition) is 3. The highest BCUT2D eigenvalue weighted by Crippen LogP contribution is 2.32. The molecule has 0 saturated heterocycles. The summed E-state index contributed by atoms with van der Waals surface area (Å²) in [5, 5.41) is 11.3. The SMILES string of the molecule is O=C(CC(Sc1cccc2ccccc12)C(=O)O)c1ccc(Cl)cc1. The minimum Gasteiger partial charge on any atom is -0.480 e. The molecule has 0 aliphatic carbocycles. The van der Waals surface area contributed by atoms with Crippen molar-refractivity contribution in [2.75, 3.05) is 0 Å². The minimum absolute atomic E-state index is 0.0785. The number of aliphatic carboxylic acids is 1. The van der Waals surface area contributed by atoms with E-state index in [1.165, 1.54) is 11.8 Å². The van der Waals surface area contributed by atoms with E-state index in [2.05, 4.69) is 0 Å². The van der Waals surface area contributed by atoms with E-state index < -0.39 is 11.2 Å². The lowest BCUT2D eigenvalue weighted by molar-refractivity contribution is -0.136. The lowest BCUT2D eigenvalue weighted by Gasteiger charge is -2.13. The van der Waals surface area contributed by atoms with E-state index in [-0.39, 0.29) is 12.2 Å². The molecule has 5 heteroatoms. The first-order valence-corrected chi connectivity index (χ1v) is 8.96. The van der Waals surface area contributed by atoms with E-state index in [0.29, 0.717) is 10.6 Å². The average molecular weight is 371 g/mol. The van der Waals surface area contributed by atoms with E-state index in [1.54, 1.807) is 24.3 Å². The summed E-state index contributed by atoms with van der Waals surface area (Å²) in [6.45, 7) is 0. The van der Waals surface area contributed by atoms with Crippen LogP contribution in [-0.4, -0.2) is 22.1 Å². The van der Waals surface area contributed by atoms with Gasteiger partial charge in [0.05, 0.1) is 0 Å². The maximum Gasteiger partial charge on any atom is 0.317 e. The van der Waals surface area contributed by atoms with Gasteiger partial charge in [-0.2, -0.15) is 0 Å². The molecule has 126 valence electrons. The first kappa shape index (κ1) is 17.5. The molecule has 0 amide bonds. The summed E-state index contributed by atoms with van der Waals surface area (Å²) in [5.74, 6) is -1.21. The molecule has 0 spiro atoms. The molecule has 3 rings (SSSR count). The largest absolute Gasteiger partial charge is 0.480 e. The van der Waals surface area contributed by atoms with Crippen molar-refractivity contribution in [1.29, 1.82) is 0 Å². The number of ketones is 1. The van der Waals surface area contributed by atoms with Gasteiger partial charge in [-0.15, -0.1) is 11.8 Å². The molecular weight excluding hydrogens is 356 g/mol. The van der Waals surface area contributed by atoms with Crippen molar-refractivity contribution in [1.82, 2.24) is 0 Å². The van der Waals surface area contributed by atoms with Gasteiger partial charge >= 0.3 is 5.97 Å². The summed E-state index contributed by atoms with van der Waals surface area (Å²) in [4.78, 5) is 24.9. The Hall–Kier alpha value is -2.30. The zero-order valence-corrected chi connectivity index (χ0v) is 14.8. The standard InChI is InChI=1S/C20H15ClO3S/c21-15-10-8-14(9-11-15)17(22)12-19(20(23)24)25-18-7-3-5-13-4-1-2-6-16(13)18/h1-11,19H,12H2,(H,23,24). The number of halogens is 1. The number of thioether (sulfide) groups is 1. The van der Waals surface area contributed by atoms with Crippen LogP contribution in [0.5, 0.6) is 0 Å². The van der Waals surface area contributed by atoms with Crippen LogP contribution in [-0.2, 0) is 4.79 Å². The number of carboxylic acid groups (broad SMARTS) is 1. The molecule has 3 aromatic carbocycles. The topological polar surface area (TPSA) is 54.4 Å². The minimum atomic E-state index is -1.000. The molecule has 0 aliphatic heterocycles. The Morgan fingerprint density at radius 3 is 2.36 bits per heavy atom. The molecule has 0 aliphatic rings. The van der Waals surface area contributed by atoms with Crippen molar-refractivity contribution in [2.24, 2.45) is 0 Å². The highest BCUT2D eigenvalue weighted by Gasteiger charge is 2.24. The maximum atomic E-state index is 12.4. The Kier molecular flexibility index (Phi) is 5.41. The van der Waals surface area contributed by atoms with Gasteiger partial charge in [-0.3, -0.25) is 9.59 Å². The summed E-state index contributed by atoms with van der Waals surface area (Å²) >= 11 is 7.03. The molecule has 25 heavy (non-hydrogen) atoms. The number of carboxylic acids is 1. The molecule has 0 fully saturated rings. The number of carbonyl (C=O) groups excluding carboxylic acids is 1. The third kappa shape index (κ3) is 4.21. The van der Waals surface area contributed by atoms with Gasteiger partial charge in [0.25, 0.3) is 0 Å². The number of Topliss-reactive ketones (excluding diaryl/α,β-unsaturated/α-hetero) is 1. The molecule has 0 heterocycles. The molecule has 1 N–H and O–H groups in total. The highest BCUT2D eigenvalue weighted by molar-refractivity contribution is 8.00. The van der Waals surface area contributed by atoms with E-state index >= 15 is 0 Å². The molecule has 3 nitrogen and oxygen atoms in total. The van der Waals surface area contributed by atoms with Crippen LogP contribution in [0.4, 0.5) is 0 Å². The third-order valence-corrected chi connectivity index (χ3v) is 5.35. The van der Waals surface area contributed by atoms with Gasteiger partial charge in [-0.05, 0) is 41.1 Å². The maximum absolute atomic E-state index is 12.4. The number of fused-ring (bicyclic) bond motifs is 1.